The van der Waals surface area contributed by atoms with Gasteiger partial charge in [0.1, 0.15) is 5.69 Å². The minimum atomic E-state index is -0.106. The van der Waals surface area contributed by atoms with Crippen molar-refractivity contribution >= 4 is 29.1 Å². The number of H-pyrrole nitrogens is 1. The summed E-state index contributed by atoms with van der Waals surface area (Å²) in [6.45, 7) is 3.77. The predicted molar refractivity (Wildman–Crippen MR) is 109 cm³/mol. The standard InChI is InChI=1S/C18H22N6O3S/c1-26-10-9-24-16(25)14(15(28-24)13-5-3-2-4-6-13)19-17-20-18(22-21-17)23-7-11-27-12-8-23/h2-6H,7-12H2,1H3,(H2,19,20,21,22). The Balaban J connectivity index is 1.64. The van der Waals surface area contributed by atoms with Crippen LogP contribution in [0.4, 0.5) is 17.6 Å². The molecule has 4 rings (SSSR count). The number of nitrogens with zero attached hydrogens (tertiary/aromatic N) is 4. The molecule has 2 N–H and O–H groups in total. The fourth-order valence-electron chi connectivity index (χ4n) is 2.97. The lowest BCUT2D eigenvalue weighted by Gasteiger charge is -2.25. The number of ether oxygens (including phenoxy) is 2. The van der Waals surface area contributed by atoms with E-state index in [0.717, 1.165) is 23.5 Å². The topological polar surface area (TPSA) is 97.3 Å². The molecule has 3 aromatic rings. The Morgan fingerprint density at radius 1 is 1.29 bits per heavy atom. The van der Waals surface area contributed by atoms with E-state index in [-0.39, 0.29) is 5.56 Å². The first-order chi connectivity index (χ1) is 13.8. The predicted octanol–water partition coefficient (Wildman–Crippen LogP) is 1.92. The van der Waals surface area contributed by atoms with E-state index >= 15 is 0 Å². The van der Waals surface area contributed by atoms with Crippen LogP contribution in [0, 0.1) is 0 Å². The van der Waals surface area contributed by atoms with Crippen molar-refractivity contribution in [3.63, 3.8) is 0 Å². The van der Waals surface area contributed by atoms with Crippen molar-refractivity contribution in [2.24, 2.45) is 0 Å². The lowest BCUT2D eigenvalue weighted by molar-refractivity contribution is 0.122. The molecule has 28 heavy (non-hydrogen) atoms. The van der Waals surface area contributed by atoms with Gasteiger partial charge in [0.15, 0.2) is 0 Å². The number of methoxy groups -OCH3 is 1. The molecule has 1 saturated heterocycles. The minimum absolute atomic E-state index is 0.106. The number of aromatic amines is 1. The molecule has 10 heteroatoms. The van der Waals surface area contributed by atoms with Crippen molar-refractivity contribution in [1.29, 1.82) is 0 Å². The fourth-order valence-corrected chi connectivity index (χ4v) is 4.00. The summed E-state index contributed by atoms with van der Waals surface area (Å²) in [5.41, 5.74) is 1.35. The zero-order valence-corrected chi connectivity index (χ0v) is 16.4. The molecular weight excluding hydrogens is 380 g/mol. The number of morpholine rings is 1. The first-order valence-electron chi connectivity index (χ1n) is 9.07. The van der Waals surface area contributed by atoms with Gasteiger partial charge in [0.25, 0.3) is 5.56 Å². The summed E-state index contributed by atoms with van der Waals surface area (Å²) >= 11 is 1.41. The van der Waals surface area contributed by atoms with Crippen LogP contribution in [0.5, 0.6) is 0 Å². The van der Waals surface area contributed by atoms with Crippen LogP contribution in [-0.2, 0) is 16.0 Å². The van der Waals surface area contributed by atoms with E-state index in [9.17, 15) is 4.79 Å². The largest absolute Gasteiger partial charge is 0.383 e. The molecule has 1 aliphatic heterocycles. The van der Waals surface area contributed by atoms with Crippen molar-refractivity contribution in [2.75, 3.05) is 50.2 Å². The van der Waals surface area contributed by atoms with Gasteiger partial charge in [-0.1, -0.05) is 41.9 Å². The zero-order valence-electron chi connectivity index (χ0n) is 15.6. The average molecular weight is 402 g/mol. The number of aromatic nitrogens is 4. The molecule has 1 aliphatic rings. The molecule has 1 fully saturated rings. The highest BCUT2D eigenvalue weighted by Gasteiger charge is 2.20. The Labute approximate surface area is 166 Å². The van der Waals surface area contributed by atoms with Crippen molar-refractivity contribution < 1.29 is 9.47 Å². The van der Waals surface area contributed by atoms with E-state index in [1.54, 1.807) is 11.1 Å². The Morgan fingerprint density at radius 3 is 2.82 bits per heavy atom. The third-order valence-corrected chi connectivity index (χ3v) is 5.61. The van der Waals surface area contributed by atoms with Crippen molar-refractivity contribution in [1.82, 2.24) is 19.1 Å². The van der Waals surface area contributed by atoms with Gasteiger partial charge in [-0.15, -0.1) is 5.10 Å². The van der Waals surface area contributed by atoms with Crippen LogP contribution in [0.15, 0.2) is 35.1 Å². The Hall–Kier alpha value is -2.69. The minimum Gasteiger partial charge on any atom is -0.383 e. The summed E-state index contributed by atoms with van der Waals surface area (Å²) in [6, 6.07) is 9.82. The van der Waals surface area contributed by atoms with Crippen molar-refractivity contribution in [3.05, 3.63) is 40.7 Å². The van der Waals surface area contributed by atoms with Gasteiger partial charge >= 0.3 is 0 Å². The smallest absolute Gasteiger partial charge is 0.285 e. The van der Waals surface area contributed by atoms with Gasteiger partial charge in [0.2, 0.25) is 11.9 Å². The van der Waals surface area contributed by atoms with Gasteiger partial charge in [-0.2, -0.15) is 4.98 Å². The molecule has 0 amide bonds. The lowest BCUT2D eigenvalue weighted by Crippen LogP contribution is -2.36. The fraction of sp³-hybridized carbons (Fsp3) is 0.389. The van der Waals surface area contributed by atoms with E-state index in [4.69, 9.17) is 9.47 Å². The van der Waals surface area contributed by atoms with Crippen molar-refractivity contribution in [2.45, 2.75) is 6.54 Å². The highest BCUT2D eigenvalue weighted by Crippen LogP contribution is 2.32. The summed E-state index contributed by atoms with van der Waals surface area (Å²) in [5, 5.41) is 10.3. The number of rotatable bonds is 7. The number of nitrogens with one attached hydrogen (secondary N) is 2. The molecule has 0 spiro atoms. The van der Waals surface area contributed by atoms with Crippen LogP contribution >= 0.6 is 11.5 Å². The molecule has 0 radical (unpaired) electrons. The third-order valence-electron chi connectivity index (χ3n) is 4.41. The molecule has 9 nitrogen and oxygen atoms in total. The van der Waals surface area contributed by atoms with E-state index in [2.05, 4.69) is 20.5 Å². The third kappa shape index (κ3) is 3.93. The van der Waals surface area contributed by atoms with E-state index < -0.39 is 0 Å². The normalized spacial score (nSPS) is 14.4. The zero-order chi connectivity index (χ0) is 19.3. The van der Waals surface area contributed by atoms with E-state index in [1.807, 2.05) is 35.2 Å². The quantitative estimate of drug-likeness (QED) is 0.623. The van der Waals surface area contributed by atoms with Gasteiger partial charge in [0.05, 0.1) is 31.2 Å². The molecule has 0 atom stereocenters. The van der Waals surface area contributed by atoms with Gasteiger partial charge in [-0.05, 0) is 5.56 Å². The molecule has 148 valence electrons. The Morgan fingerprint density at radius 2 is 2.07 bits per heavy atom. The summed E-state index contributed by atoms with van der Waals surface area (Å²) in [7, 11) is 1.62. The second kappa shape index (κ2) is 8.55. The first-order valence-corrected chi connectivity index (χ1v) is 9.84. The van der Waals surface area contributed by atoms with E-state index in [0.29, 0.717) is 43.9 Å². The van der Waals surface area contributed by atoms with Gasteiger partial charge in [0, 0.05) is 20.2 Å². The Bertz CT molecular complexity index is 961. The average Bonchev–Trinajstić information content (AvgIpc) is 3.34. The summed E-state index contributed by atoms with van der Waals surface area (Å²) < 4.78 is 12.2. The van der Waals surface area contributed by atoms with E-state index in [1.165, 1.54) is 11.5 Å². The number of benzene rings is 1. The molecule has 0 unspecified atom stereocenters. The lowest BCUT2D eigenvalue weighted by atomic mass is 10.2. The van der Waals surface area contributed by atoms with Gasteiger partial charge in [-0.25, -0.2) is 5.10 Å². The molecule has 0 aliphatic carbocycles. The van der Waals surface area contributed by atoms with Crippen LogP contribution < -0.4 is 15.8 Å². The van der Waals surface area contributed by atoms with Crippen LogP contribution in [0.3, 0.4) is 0 Å². The second-order valence-corrected chi connectivity index (χ2v) is 7.30. The molecular formula is C18H22N6O3S. The number of hydrogen-bond donors (Lipinski definition) is 2. The van der Waals surface area contributed by atoms with Crippen LogP contribution in [0.25, 0.3) is 10.4 Å². The summed E-state index contributed by atoms with van der Waals surface area (Å²) in [6.07, 6.45) is 0. The maximum absolute atomic E-state index is 12.9. The van der Waals surface area contributed by atoms with Crippen LogP contribution in [0.1, 0.15) is 0 Å². The van der Waals surface area contributed by atoms with Crippen LogP contribution in [-0.4, -0.2) is 59.2 Å². The SMILES string of the molecule is COCCn1sc(-c2ccccc2)c(Nc2nc(N3CCOCC3)n[nH]2)c1=O. The van der Waals surface area contributed by atoms with Crippen molar-refractivity contribution in [3.8, 4) is 10.4 Å². The maximum Gasteiger partial charge on any atom is 0.285 e. The maximum atomic E-state index is 12.9. The number of anilines is 3. The molecule has 1 aromatic carbocycles. The summed E-state index contributed by atoms with van der Waals surface area (Å²) in [4.78, 5) is 20.4. The van der Waals surface area contributed by atoms with Gasteiger partial charge in [-0.3, -0.25) is 8.75 Å². The highest BCUT2D eigenvalue weighted by molar-refractivity contribution is 7.10. The number of hydrogen-bond acceptors (Lipinski definition) is 8. The first kappa shape index (κ1) is 18.7. The highest BCUT2D eigenvalue weighted by atomic mass is 32.1. The van der Waals surface area contributed by atoms with Gasteiger partial charge < -0.3 is 19.7 Å². The Kier molecular flexibility index (Phi) is 5.70. The molecule has 0 saturated carbocycles. The van der Waals surface area contributed by atoms with Crippen LogP contribution in [0.2, 0.25) is 0 Å². The monoisotopic (exact) mass is 402 g/mol. The molecule has 2 aromatic heterocycles. The second-order valence-electron chi connectivity index (χ2n) is 6.27. The molecule has 0 bridgehead atoms. The molecule has 3 heterocycles. The summed E-state index contributed by atoms with van der Waals surface area (Å²) in [5.74, 6) is 1.04.